The Balaban J connectivity index is 1.00. The average Bonchev–Trinajstić information content (AvgIpc) is 3.05. The van der Waals surface area contributed by atoms with E-state index in [-0.39, 0.29) is 23.5 Å². The van der Waals surface area contributed by atoms with Gasteiger partial charge in [0.15, 0.2) is 0 Å². The second-order valence-electron chi connectivity index (χ2n) is 11.1. The Kier molecular flexibility index (Phi) is 10.6. The number of piperidine rings is 1. The minimum Gasteiger partial charge on any atom is -0.446 e. The molecule has 1 aliphatic rings. The highest BCUT2D eigenvalue weighted by atomic mass is 32.2. The van der Waals surface area contributed by atoms with Crippen molar-refractivity contribution < 1.29 is 22.7 Å². The van der Waals surface area contributed by atoms with Gasteiger partial charge in [-0.2, -0.15) is 0 Å². The van der Waals surface area contributed by atoms with Crippen molar-refractivity contribution >= 4 is 33.4 Å². The summed E-state index contributed by atoms with van der Waals surface area (Å²) >= 11 is 0. The smallest absolute Gasteiger partial charge is 0.411 e. The van der Waals surface area contributed by atoms with Crippen molar-refractivity contribution in [2.75, 3.05) is 30.3 Å². The number of likely N-dealkylation sites (tertiary alicyclic amines) is 1. The van der Waals surface area contributed by atoms with Gasteiger partial charge < -0.3 is 15.0 Å². The fourth-order valence-corrected chi connectivity index (χ4v) is 6.19. The van der Waals surface area contributed by atoms with Crippen LogP contribution in [-0.4, -0.2) is 51.1 Å². The Morgan fingerprint density at radius 1 is 0.822 bits per heavy atom. The highest BCUT2D eigenvalue weighted by Gasteiger charge is 2.23. The quantitative estimate of drug-likeness (QED) is 0.183. The van der Waals surface area contributed by atoms with E-state index in [4.69, 9.17) is 4.74 Å². The lowest BCUT2D eigenvalue weighted by Gasteiger charge is -2.31. The Morgan fingerprint density at radius 3 is 2.20 bits per heavy atom. The molecule has 10 heteroatoms. The Hall–Kier alpha value is -4.51. The molecule has 234 valence electrons. The van der Waals surface area contributed by atoms with E-state index in [2.05, 4.69) is 20.3 Å². The van der Waals surface area contributed by atoms with Crippen LogP contribution in [0, 0.1) is 6.92 Å². The summed E-state index contributed by atoms with van der Waals surface area (Å²) in [5.41, 5.74) is 5.07. The number of amides is 2. The van der Waals surface area contributed by atoms with E-state index in [0.717, 1.165) is 35.3 Å². The lowest BCUT2D eigenvalue weighted by Crippen LogP contribution is -2.39. The fraction of sp³-hybridized carbons (Fsp3) is 0.257. The molecule has 0 saturated carbocycles. The summed E-state index contributed by atoms with van der Waals surface area (Å²) < 4.78 is 33.4. The number of carbonyl (C=O) groups is 2. The van der Waals surface area contributed by atoms with Gasteiger partial charge in [0, 0.05) is 43.9 Å². The number of carbonyl (C=O) groups excluding carboxylic acids is 2. The zero-order valence-electron chi connectivity index (χ0n) is 25.2. The van der Waals surface area contributed by atoms with Gasteiger partial charge >= 0.3 is 6.09 Å². The van der Waals surface area contributed by atoms with Gasteiger partial charge in [-0.1, -0.05) is 78.4 Å². The van der Waals surface area contributed by atoms with Crippen LogP contribution in [0.3, 0.4) is 0 Å². The molecular weight excluding hydrogens is 588 g/mol. The van der Waals surface area contributed by atoms with Crippen LogP contribution in [0.15, 0.2) is 108 Å². The molecule has 45 heavy (non-hydrogen) atoms. The molecule has 0 bridgehead atoms. The van der Waals surface area contributed by atoms with Gasteiger partial charge in [-0.25, -0.2) is 17.9 Å². The molecule has 9 nitrogen and oxygen atoms in total. The van der Waals surface area contributed by atoms with Gasteiger partial charge in [0.05, 0.1) is 10.6 Å². The minimum absolute atomic E-state index is 0.0994. The van der Waals surface area contributed by atoms with E-state index in [1.807, 2.05) is 61.5 Å². The van der Waals surface area contributed by atoms with Gasteiger partial charge in [0.1, 0.15) is 6.10 Å². The first-order chi connectivity index (χ1) is 21.7. The number of rotatable bonds is 11. The average molecular weight is 627 g/mol. The number of nitrogens with zero attached hydrogens (tertiary/aromatic N) is 1. The van der Waals surface area contributed by atoms with Crippen molar-refractivity contribution in [1.29, 1.82) is 0 Å². The maximum absolute atomic E-state index is 12.7. The van der Waals surface area contributed by atoms with Gasteiger partial charge in [-0.3, -0.25) is 10.1 Å². The van der Waals surface area contributed by atoms with E-state index in [1.165, 1.54) is 0 Å². The van der Waals surface area contributed by atoms with E-state index in [0.29, 0.717) is 37.2 Å². The Labute approximate surface area is 264 Å². The molecule has 0 spiro atoms. The molecule has 0 aromatic heterocycles. The maximum Gasteiger partial charge on any atom is 0.411 e. The third-order valence-electron chi connectivity index (χ3n) is 7.75. The summed E-state index contributed by atoms with van der Waals surface area (Å²) in [5.74, 6) is -0.0994. The maximum atomic E-state index is 12.7. The fourth-order valence-electron chi connectivity index (χ4n) is 5.17. The molecular formula is C35H38N4O5S. The summed E-state index contributed by atoms with van der Waals surface area (Å²) in [6.45, 7) is 4.12. The zero-order chi connectivity index (χ0) is 31.6. The van der Waals surface area contributed by atoms with Gasteiger partial charge in [-0.05, 0) is 61.2 Å². The standard InChI is InChI=1S/C35H38N4O5S/c1-26-11-17-31(18-12-26)45(42,43)36-25-27-13-15-29(16-14-27)37-34(40)21-24-39-22-19-30(20-23-39)44-35(41)38-33-10-6-5-9-32(33)28-7-3-2-4-8-28/h2-18,30,36H,19-25H2,1H3,(H,37,40)(H,38,41). The summed E-state index contributed by atoms with van der Waals surface area (Å²) in [6.07, 6.45) is 1.08. The molecule has 3 N–H and O–H groups in total. The van der Waals surface area contributed by atoms with E-state index < -0.39 is 16.1 Å². The molecule has 5 rings (SSSR count). The molecule has 4 aromatic rings. The number of aryl methyl sites for hydroxylation is 1. The molecule has 0 radical (unpaired) electrons. The van der Waals surface area contributed by atoms with Crippen LogP contribution in [0.1, 0.15) is 30.4 Å². The number of hydrogen-bond donors (Lipinski definition) is 3. The lowest BCUT2D eigenvalue weighted by molar-refractivity contribution is -0.116. The largest absolute Gasteiger partial charge is 0.446 e. The number of ether oxygens (including phenoxy) is 1. The van der Waals surface area contributed by atoms with Crippen LogP contribution in [0.5, 0.6) is 0 Å². The number of hydrogen-bond acceptors (Lipinski definition) is 6. The number of para-hydroxylation sites is 1. The summed E-state index contributed by atoms with van der Waals surface area (Å²) in [5, 5.41) is 5.80. The third kappa shape index (κ3) is 9.24. The van der Waals surface area contributed by atoms with Crippen molar-refractivity contribution in [2.24, 2.45) is 0 Å². The monoisotopic (exact) mass is 626 g/mol. The number of anilines is 2. The molecule has 0 unspecified atom stereocenters. The summed E-state index contributed by atoms with van der Waals surface area (Å²) in [7, 11) is -3.61. The SMILES string of the molecule is Cc1ccc(S(=O)(=O)NCc2ccc(NC(=O)CCN3CCC(OC(=O)Nc4ccccc4-c4ccccc4)CC3)cc2)cc1. The highest BCUT2D eigenvalue weighted by molar-refractivity contribution is 7.89. The molecule has 0 atom stereocenters. The molecule has 1 heterocycles. The molecule has 4 aromatic carbocycles. The Bertz CT molecular complexity index is 1690. The van der Waals surface area contributed by atoms with Gasteiger partial charge in [-0.15, -0.1) is 0 Å². The second kappa shape index (κ2) is 15.0. The Morgan fingerprint density at radius 2 is 1.49 bits per heavy atom. The topological polar surface area (TPSA) is 117 Å². The molecule has 1 aliphatic heterocycles. The van der Waals surface area contributed by atoms with Crippen molar-refractivity contribution in [3.63, 3.8) is 0 Å². The van der Waals surface area contributed by atoms with E-state index in [9.17, 15) is 18.0 Å². The highest BCUT2D eigenvalue weighted by Crippen LogP contribution is 2.28. The first-order valence-electron chi connectivity index (χ1n) is 15.0. The molecule has 0 aliphatic carbocycles. The summed E-state index contributed by atoms with van der Waals surface area (Å²) in [6, 6.07) is 31.3. The number of sulfonamides is 1. The van der Waals surface area contributed by atoms with Gasteiger partial charge in [0.2, 0.25) is 15.9 Å². The van der Waals surface area contributed by atoms with Crippen LogP contribution in [0.4, 0.5) is 16.2 Å². The van der Waals surface area contributed by atoms with Crippen molar-refractivity contribution in [1.82, 2.24) is 9.62 Å². The molecule has 1 saturated heterocycles. The minimum atomic E-state index is -3.61. The van der Waals surface area contributed by atoms with Crippen molar-refractivity contribution in [2.45, 2.75) is 43.7 Å². The molecule has 2 amide bonds. The predicted octanol–water partition coefficient (Wildman–Crippen LogP) is 6.18. The van der Waals surface area contributed by atoms with Crippen LogP contribution in [0.2, 0.25) is 0 Å². The third-order valence-corrected chi connectivity index (χ3v) is 9.16. The predicted molar refractivity (Wildman–Crippen MR) is 176 cm³/mol. The van der Waals surface area contributed by atoms with E-state index >= 15 is 0 Å². The van der Waals surface area contributed by atoms with Crippen LogP contribution in [0.25, 0.3) is 11.1 Å². The number of benzene rings is 4. The summed E-state index contributed by atoms with van der Waals surface area (Å²) in [4.78, 5) is 27.7. The van der Waals surface area contributed by atoms with Crippen LogP contribution < -0.4 is 15.4 Å². The zero-order valence-corrected chi connectivity index (χ0v) is 26.1. The van der Waals surface area contributed by atoms with Gasteiger partial charge in [0.25, 0.3) is 0 Å². The first-order valence-corrected chi connectivity index (χ1v) is 16.5. The molecule has 1 fully saturated rings. The van der Waals surface area contributed by atoms with Crippen molar-refractivity contribution in [3.8, 4) is 11.1 Å². The first kappa shape index (κ1) is 31.9. The van der Waals surface area contributed by atoms with E-state index in [1.54, 1.807) is 48.5 Å². The van der Waals surface area contributed by atoms with Crippen LogP contribution >= 0.6 is 0 Å². The van der Waals surface area contributed by atoms with Crippen LogP contribution in [-0.2, 0) is 26.1 Å². The number of nitrogens with one attached hydrogen (secondary N) is 3. The lowest BCUT2D eigenvalue weighted by atomic mass is 10.0. The second-order valence-corrected chi connectivity index (χ2v) is 12.9. The van der Waals surface area contributed by atoms with Crippen molar-refractivity contribution in [3.05, 3.63) is 114 Å². The normalized spacial score (nSPS) is 14.1.